The zero-order chi connectivity index (χ0) is 23.9. The van der Waals surface area contributed by atoms with Gasteiger partial charge in [-0.05, 0) is 60.5 Å². The first-order valence-corrected chi connectivity index (χ1v) is 11.8. The summed E-state index contributed by atoms with van der Waals surface area (Å²) < 4.78 is 13.4. The van der Waals surface area contributed by atoms with E-state index in [1.165, 1.54) is 0 Å². The van der Waals surface area contributed by atoms with Crippen LogP contribution < -0.4 is 4.74 Å². The number of ketones is 2. The van der Waals surface area contributed by atoms with Gasteiger partial charge in [-0.2, -0.15) is 0 Å². The molecule has 0 aromatic heterocycles. The van der Waals surface area contributed by atoms with Crippen molar-refractivity contribution in [3.05, 3.63) is 58.2 Å². The summed E-state index contributed by atoms with van der Waals surface area (Å²) >= 11 is 0. The summed E-state index contributed by atoms with van der Waals surface area (Å²) in [5.41, 5.74) is 0.560. The molecule has 4 atom stereocenters. The van der Waals surface area contributed by atoms with Crippen LogP contribution in [0, 0.1) is 11.8 Å². The molecule has 5 nitrogen and oxygen atoms in total. The van der Waals surface area contributed by atoms with Crippen LogP contribution in [0.4, 0.5) is 0 Å². The summed E-state index contributed by atoms with van der Waals surface area (Å²) in [6.07, 6.45) is 7.28. The number of fused-ring (bicyclic) bond motifs is 1. The molecule has 4 bridgehead atoms. The van der Waals surface area contributed by atoms with Gasteiger partial charge in [0.15, 0.2) is 34.3 Å². The Morgan fingerprint density at radius 1 is 1.12 bits per heavy atom. The van der Waals surface area contributed by atoms with Gasteiger partial charge in [0.25, 0.3) is 0 Å². The van der Waals surface area contributed by atoms with Crippen molar-refractivity contribution >= 4 is 11.6 Å². The molecule has 6 rings (SSSR count). The lowest BCUT2D eigenvalue weighted by Crippen LogP contribution is -2.72. The number of rotatable bonds is 4. The van der Waals surface area contributed by atoms with Gasteiger partial charge in [-0.15, -0.1) is 0 Å². The largest absolute Gasteiger partial charge is 0.504 e. The molecule has 1 saturated carbocycles. The number of phenols is 1. The summed E-state index contributed by atoms with van der Waals surface area (Å²) in [6.45, 7) is 11.9. The Hall–Kier alpha value is -2.66. The zero-order valence-corrected chi connectivity index (χ0v) is 20.2. The maximum atomic E-state index is 13.8. The van der Waals surface area contributed by atoms with Gasteiger partial charge in [-0.3, -0.25) is 9.59 Å². The van der Waals surface area contributed by atoms with Gasteiger partial charge in [0.1, 0.15) is 0 Å². The molecule has 1 aromatic rings. The Morgan fingerprint density at radius 2 is 1.82 bits per heavy atom. The van der Waals surface area contributed by atoms with Crippen molar-refractivity contribution < 1.29 is 24.2 Å². The van der Waals surface area contributed by atoms with Crippen LogP contribution >= 0.6 is 0 Å². The van der Waals surface area contributed by atoms with Gasteiger partial charge < -0.3 is 14.6 Å². The fraction of sp³-hybridized carbons (Fsp3) is 0.500. The minimum atomic E-state index is -1.29. The fourth-order valence-corrected chi connectivity index (χ4v) is 6.36. The summed E-state index contributed by atoms with van der Waals surface area (Å²) in [7, 11) is 0. The van der Waals surface area contributed by atoms with E-state index in [-0.39, 0.29) is 34.9 Å². The van der Waals surface area contributed by atoms with Crippen molar-refractivity contribution in [2.24, 2.45) is 11.8 Å². The summed E-state index contributed by atoms with van der Waals surface area (Å²) in [5.74, 6) is -0.596. The monoisotopic (exact) mass is 448 g/mol. The lowest BCUT2D eigenvalue weighted by atomic mass is 9.51. The number of carbonyl (C=O) groups is 2. The number of hydrogen-bond donors (Lipinski definition) is 1. The molecule has 1 spiro atoms. The Kier molecular flexibility index (Phi) is 4.65. The first-order valence-electron chi connectivity index (χ1n) is 11.8. The molecule has 174 valence electrons. The predicted molar refractivity (Wildman–Crippen MR) is 126 cm³/mol. The Balaban J connectivity index is 1.75. The van der Waals surface area contributed by atoms with E-state index in [0.717, 1.165) is 11.1 Å². The summed E-state index contributed by atoms with van der Waals surface area (Å²) in [4.78, 5) is 27.6. The van der Waals surface area contributed by atoms with Crippen LogP contribution in [0.5, 0.6) is 11.5 Å². The number of hydrogen-bond acceptors (Lipinski definition) is 5. The third-order valence-electron chi connectivity index (χ3n) is 7.85. The number of ether oxygens (including phenoxy) is 2. The van der Waals surface area contributed by atoms with Crippen LogP contribution in [0.1, 0.15) is 70.3 Å². The van der Waals surface area contributed by atoms with E-state index >= 15 is 0 Å². The Morgan fingerprint density at radius 3 is 2.48 bits per heavy atom. The molecule has 5 aliphatic rings. The third kappa shape index (κ3) is 2.75. The maximum Gasteiger partial charge on any atom is 0.196 e. The number of Topliss-reactive ketones (excluding diaryl/α,β-unsaturated/α-hetero) is 2. The molecule has 0 amide bonds. The number of allylic oxidation sites excluding steroid dienone is 4. The Labute approximate surface area is 195 Å². The van der Waals surface area contributed by atoms with Crippen LogP contribution in [0.3, 0.4) is 0 Å². The third-order valence-corrected chi connectivity index (χ3v) is 7.85. The van der Waals surface area contributed by atoms with Gasteiger partial charge in [0.2, 0.25) is 0 Å². The number of aromatic hydroxyl groups is 1. The number of benzene rings is 1. The smallest absolute Gasteiger partial charge is 0.196 e. The van der Waals surface area contributed by atoms with Gasteiger partial charge in [-0.1, -0.05) is 35.4 Å². The maximum absolute atomic E-state index is 13.8. The van der Waals surface area contributed by atoms with E-state index in [0.29, 0.717) is 36.0 Å². The van der Waals surface area contributed by atoms with Gasteiger partial charge >= 0.3 is 0 Å². The van der Waals surface area contributed by atoms with Crippen molar-refractivity contribution in [1.29, 1.82) is 0 Å². The molecule has 0 radical (unpaired) electrons. The van der Waals surface area contributed by atoms with Crippen LogP contribution in [0.15, 0.2) is 47.1 Å². The molecule has 3 aliphatic carbocycles. The van der Waals surface area contributed by atoms with Gasteiger partial charge in [-0.25, -0.2) is 0 Å². The van der Waals surface area contributed by atoms with E-state index in [2.05, 4.69) is 0 Å². The lowest BCUT2D eigenvalue weighted by Gasteiger charge is -2.56. The van der Waals surface area contributed by atoms with Crippen LogP contribution in [-0.2, 0) is 16.0 Å². The molecule has 5 heteroatoms. The van der Waals surface area contributed by atoms with E-state index in [1.807, 2.05) is 59.8 Å². The standard InChI is InChI=1S/C28H32O5/c1-15(2)7-8-17-9-10-19-23(30)20-13-18-14-21-26(5,6)33-27(25(18)31,12-11-16(3)4)28(20,21)32-24(19)22(17)29/h7,9-11,13,18,21,29H,8,12,14H2,1-6H3. The molecule has 2 heterocycles. The second kappa shape index (κ2) is 6.92. The molecule has 1 saturated heterocycles. The molecular formula is C28H32O5. The highest BCUT2D eigenvalue weighted by Crippen LogP contribution is 2.67. The number of phenolic OH excluding ortho intramolecular Hbond substituents is 1. The van der Waals surface area contributed by atoms with Crippen LogP contribution in [-0.4, -0.2) is 33.5 Å². The van der Waals surface area contributed by atoms with E-state index in [4.69, 9.17) is 9.47 Å². The highest BCUT2D eigenvalue weighted by molar-refractivity contribution is 6.17. The van der Waals surface area contributed by atoms with Crippen molar-refractivity contribution in [1.82, 2.24) is 0 Å². The first kappa shape index (κ1) is 22.1. The second-order valence-corrected chi connectivity index (χ2v) is 11.0. The Bertz CT molecular complexity index is 1170. The van der Waals surface area contributed by atoms with E-state index in [1.54, 1.807) is 12.1 Å². The summed E-state index contributed by atoms with van der Waals surface area (Å²) in [5, 5.41) is 11.2. The molecule has 4 unspecified atom stereocenters. The quantitative estimate of drug-likeness (QED) is 0.636. The van der Waals surface area contributed by atoms with Crippen molar-refractivity contribution in [2.75, 3.05) is 0 Å². The highest BCUT2D eigenvalue weighted by Gasteiger charge is 2.81. The lowest BCUT2D eigenvalue weighted by molar-refractivity contribution is -0.171. The van der Waals surface area contributed by atoms with E-state index in [9.17, 15) is 14.7 Å². The normalized spacial score (nSPS) is 32.5. The van der Waals surface area contributed by atoms with Crippen molar-refractivity contribution in [3.63, 3.8) is 0 Å². The topological polar surface area (TPSA) is 72.8 Å². The second-order valence-electron chi connectivity index (χ2n) is 11.0. The summed E-state index contributed by atoms with van der Waals surface area (Å²) in [6, 6.07) is 3.52. The molecule has 33 heavy (non-hydrogen) atoms. The average Bonchev–Trinajstić information content (AvgIpc) is 2.90. The van der Waals surface area contributed by atoms with Gasteiger partial charge in [0, 0.05) is 29.4 Å². The SMILES string of the molecule is CC(C)=CCc1ccc2c(c1O)OC13C(=CC4CC1C(C)(C)OC3(CC=C(C)C)C4=O)C2=O. The molecule has 2 aliphatic heterocycles. The fourth-order valence-electron chi connectivity index (χ4n) is 6.36. The minimum absolute atomic E-state index is 0.0259. The zero-order valence-electron chi connectivity index (χ0n) is 20.2. The number of carbonyl (C=O) groups excluding carboxylic acids is 2. The predicted octanol–water partition coefficient (Wildman–Crippen LogP) is 5.26. The minimum Gasteiger partial charge on any atom is -0.504 e. The molecule has 2 fully saturated rings. The van der Waals surface area contributed by atoms with Crippen molar-refractivity contribution in [3.8, 4) is 11.5 Å². The van der Waals surface area contributed by atoms with Crippen molar-refractivity contribution in [2.45, 2.75) is 77.6 Å². The molecule has 1 N–H and O–H groups in total. The van der Waals surface area contributed by atoms with Gasteiger partial charge in [0.05, 0.1) is 11.2 Å². The van der Waals surface area contributed by atoms with Crippen LogP contribution in [0.25, 0.3) is 0 Å². The van der Waals surface area contributed by atoms with Crippen LogP contribution in [0.2, 0.25) is 0 Å². The first-order chi connectivity index (χ1) is 15.4. The highest BCUT2D eigenvalue weighted by atomic mass is 16.6. The molecule has 1 aromatic carbocycles. The average molecular weight is 449 g/mol. The van der Waals surface area contributed by atoms with E-state index < -0.39 is 16.8 Å². The molecular weight excluding hydrogens is 416 g/mol.